The predicted molar refractivity (Wildman–Crippen MR) is 94.2 cm³/mol. The van der Waals surface area contributed by atoms with Crippen molar-refractivity contribution in [3.05, 3.63) is 23.8 Å². The van der Waals surface area contributed by atoms with Crippen molar-refractivity contribution in [2.24, 2.45) is 5.41 Å². The maximum atomic E-state index is 12.1. The van der Waals surface area contributed by atoms with Crippen LogP contribution >= 0.6 is 0 Å². The number of methoxy groups -OCH3 is 2. The third-order valence-electron chi connectivity index (χ3n) is 5.54. The van der Waals surface area contributed by atoms with E-state index in [1.807, 2.05) is 18.2 Å². The van der Waals surface area contributed by atoms with Gasteiger partial charge in [0.15, 0.2) is 17.3 Å². The van der Waals surface area contributed by atoms with Crippen molar-refractivity contribution in [1.29, 1.82) is 0 Å². The Morgan fingerprint density at radius 1 is 0.960 bits per heavy atom. The van der Waals surface area contributed by atoms with Crippen LogP contribution in [0.5, 0.6) is 11.5 Å². The quantitative estimate of drug-likeness (QED) is 0.780. The van der Waals surface area contributed by atoms with Gasteiger partial charge in [0.2, 0.25) is 0 Å². The minimum absolute atomic E-state index is 0.0494. The molecule has 1 aliphatic heterocycles. The number of benzene rings is 1. The third-order valence-corrected chi connectivity index (χ3v) is 5.54. The first kappa shape index (κ1) is 18.2. The van der Waals surface area contributed by atoms with Gasteiger partial charge in [-0.05, 0) is 30.5 Å². The van der Waals surface area contributed by atoms with Crippen LogP contribution in [-0.2, 0) is 19.7 Å². The highest BCUT2D eigenvalue weighted by Gasteiger charge is 2.48. The summed E-state index contributed by atoms with van der Waals surface area (Å²) >= 11 is 0. The molecule has 0 amide bonds. The van der Waals surface area contributed by atoms with Gasteiger partial charge >= 0.3 is 0 Å². The summed E-state index contributed by atoms with van der Waals surface area (Å²) in [6, 6.07) is 5.73. The standard InChI is InChI=1S/C20H28O5/c1-18(2)13-24-20(25-14-18)9-7-19(12-21,8-10-20)15-5-6-16(22-3)17(11-15)23-4/h5-6,11-12H,7-10,13-14H2,1-4H3. The SMILES string of the molecule is COc1ccc(C2(C=O)CCC3(CC2)OCC(C)(C)CO3)cc1OC. The molecule has 5 heteroatoms. The molecule has 0 aromatic heterocycles. The molecule has 1 spiro atoms. The third kappa shape index (κ3) is 3.40. The number of hydrogen-bond donors (Lipinski definition) is 0. The summed E-state index contributed by atoms with van der Waals surface area (Å²) < 4.78 is 22.9. The van der Waals surface area contributed by atoms with Gasteiger partial charge in [-0.15, -0.1) is 0 Å². The molecule has 1 aromatic rings. The van der Waals surface area contributed by atoms with Crippen molar-refractivity contribution in [2.75, 3.05) is 27.4 Å². The Balaban J connectivity index is 1.79. The second-order valence-electron chi connectivity index (χ2n) is 8.00. The molecule has 3 rings (SSSR count). The average molecular weight is 348 g/mol. The van der Waals surface area contributed by atoms with Crippen LogP contribution in [0, 0.1) is 5.41 Å². The zero-order valence-corrected chi connectivity index (χ0v) is 15.6. The zero-order chi connectivity index (χ0) is 18.1. The molecule has 25 heavy (non-hydrogen) atoms. The van der Waals surface area contributed by atoms with Crippen molar-refractivity contribution in [3.8, 4) is 11.5 Å². The fraction of sp³-hybridized carbons (Fsp3) is 0.650. The van der Waals surface area contributed by atoms with Gasteiger partial charge < -0.3 is 23.7 Å². The Bertz CT molecular complexity index is 617. The molecule has 0 unspecified atom stereocenters. The lowest BCUT2D eigenvalue weighted by Gasteiger charge is -2.48. The molecular formula is C20H28O5. The molecule has 1 aromatic carbocycles. The van der Waals surface area contributed by atoms with Gasteiger partial charge in [-0.2, -0.15) is 0 Å². The van der Waals surface area contributed by atoms with Crippen LogP contribution in [0.4, 0.5) is 0 Å². The topological polar surface area (TPSA) is 54.0 Å². The summed E-state index contributed by atoms with van der Waals surface area (Å²) in [6.45, 7) is 5.67. The minimum atomic E-state index is -0.529. The molecule has 1 saturated heterocycles. The van der Waals surface area contributed by atoms with Crippen LogP contribution in [0.1, 0.15) is 45.1 Å². The molecule has 1 saturated carbocycles. The summed E-state index contributed by atoms with van der Waals surface area (Å²) in [7, 11) is 3.22. The fourth-order valence-corrected chi connectivity index (χ4v) is 3.72. The highest BCUT2D eigenvalue weighted by Crippen LogP contribution is 2.47. The number of carbonyl (C=O) groups is 1. The van der Waals surface area contributed by atoms with Crippen LogP contribution in [0.2, 0.25) is 0 Å². The first-order valence-corrected chi connectivity index (χ1v) is 8.84. The monoisotopic (exact) mass is 348 g/mol. The Morgan fingerprint density at radius 2 is 1.56 bits per heavy atom. The molecule has 5 nitrogen and oxygen atoms in total. The van der Waals surface area contributed by atoms with E-state index in [2.05, 4.69) is 13.8 Å². The smallest absolute Gasteiger partial charge is 0.168 e. The van der Waals surface area contributed by atoms with Gasteiger partial charge in [0.1, 0.15) is 6.29 Å². The Kier molecular flexibility index (Phi) is 4.82. The molecular weight excluding hydrogens is 320 g/mol. The molecule has 2 fully saturated rings. The number of rotatable bonds is 4. The lowest BCUT2D eigenvalue weighted by molar-refractivity contribution is -0.312. The van der Waals surface area contributed by atoms with Crippen LogP contribution in [0.15, 0.2) is 18.2 Å². The summed E-state index contributed by atoms with van der Waals surface area (Å²) in [4.78, 5) is 12.1. The molecule has 0 bridgehead atoms. The van der Waals surface area contributed by atoms with E-state index in [1.54, 1.807) is 14.2 Å². The molecule has 1 heterocycles. The first-order valence-electron chi connectivity index (χ1n) is 8.84. The van der Waals surface area contributed by atoms with Gasteiger partial charge in [0.25, 0.3) is 0 Å². The predicted octanol–water partition coefficient (Wildman–Crippen LogP) is 3.48. The van der Waals surface area contributed by atoms with Crippen molar-refractivity contribution in [1.82, 2.24) is 0 Å². The van der Waals surface area contributed by atoms with E-state index in [0.29, 0.717) is 37.6 Å². The van der Waals surface area contributed by atoms with Crippen LogP contribution in [0.25, 0.3) is 0 Å². The first-order chi connectivity index (χ1) is 11.9. The Hall–Kier alpha value is -1.59. The van der Waals surface area contributed by atoms with Crippen LogP contribution in [0.3, 0.4) is 0 Å². The summed E-state index contributed by atoms with van der Waals surface area (Å²) in [5, 5.41) is 0. The van der Waals surface area contributed by atoms with E-state index in [4.69, 9.17) is 18.9 Å². The second kappa shape index (κ2) is 6.61. The van der Waals surface area contributed by atoms with Crippen LogP contribution < -0.4 is 9.47 Å². The number of aldehydes is 1. The molecule has 0 radical (unpaired) electrons. The Labute approximate surface area is 149 Å². The molecule has 1 aliphatic carbocycles. The van der Waals surface area contributed by atoms with Gasteiger partial charge in [0.05, 0.1) is 32.8 Å². The van der Waals surface area contributed by atoms with E-state index in [1.165, 1.54) is 0 Å². The summed E-state index contributed by atoms with van der Waals surface area (Å²) in [5.41, 5.74) is 0.490. The van der Waals surface area contributed by atoms with Gasteiger partial charge in [-0.3, -0.25) is 0 Å². The normalized spacial score (nSPS) is 23.8. The summed E-state index contributed by atoms with van der Waals surface area (Å²) in [6.07, 6.45) is 3.92. The molecule has 138 valence electrons. The number of carbonyl (C=O) groups excluding carboxylic acids is 1. The Morgan fingerprint density at radius 3 is 2.08 bits per heavy atom. The fourth-order valence-electron chi connectivity index (χ4n) is 3.72. The number of hydrogen-bond acceptors (Lipinski definition) is 5. The van der Waals surface area contributed by atoms with Gasteiger partial charge in [-0.25, -0.2) is 0 Å². The zero-order valence-electron chi connectivity index (χ0n) is 15.6. The largest absolute Gasteiger partial charge is 0.493 e. The van der Waals surface area contributed by atoms with E-state index < -0.39 is 11.2 Å². The van der Waals surface area contributed by atoms with E-state index in [0.717, 1.165) is 24.7 Å². The van der Waals surface area contributed by atoms with E-state index in [9.17, 15) is 4.79 Å². The second-order valence-corrected chi connectivity index (χ2v) is 8.00. The molecule has 2 aliphatic rings. The van der Waals surface area contributed by atoms with Gasteiger partial charge in [-0.1, -0.05) is 19.9 Å². The maximum absolute atomic E-state index is 12.1. The summed E-state index contributed by atoms with van der Waals surface area (Å²) in [5.74, 6) is 0.785. The van der Waals surface area contributed by atoms with Crippen molar-refractivity contribution in [2.45, 2.75) is 50.7 Å². The van der Waals surface area contributed by atoms with Crippen molar-refractivity contribution < 1.29 is 23.7 Å². The average Bonchev–Trinajstić information content (AvgIpc) is 2.65. The van der Waals surface area contributed by atoms with Crippen molar-refractivity contribution >= 4 is 6.29 Å². The van der Waals surface area contributed by atoms with E-state index in [-0.39, 0.29) is 5.41 Å². The highest BCUT2D eigenvalue weighted by molar-refractivity contribution is 5.70. The lowest BCUT2D eigenvalue weighted by atomic mass is 9.68. The number of ether oxygens (including phenoxy) is 4. The lowest BCUT2D eigenvalue weighted by Crippen LogP contribution is -2.52. The van der Waals surface area contributed by atoms with Crippen molar-refractivity contribution in [3.63, 3.8) is 0 Å². The van der Waals surface area contributed by atoms with Crippen LogP contribution in [-0.4, -0.2) is 39.5 Å². The van der Waals surface area contributed by atoms with E-state index >= 15 is 0 Å². The maximum Gasteiger partial charge on any atom is 0.168 e. The molecule has 0 N–H and O–H groups in total. The minimum Gasteiger partial charge on any atom is -0.493 e. The van der Waals surface area contributed by atoms with Gasteiger partial charge in [0, 0.05) is 18.3 Å². The highest BCUT2D eigenvalue weighted by atomic mass is 16.7. The molecule has 0 atom stereocenters.